The van der Waals surface area contributed by atoms with Crippen LogP contribution in [0.25, 0.3) is 0 Å². The van der Waals surface area contributed by atoms with E-state index in [0.29, 0.717) is 5.41 Å². The van der Waals surface area contributed by atoms with Gasteiger partial charge in [-0.1, -0.05) is 38.1 Å². The third-order valence-corrected chi connectivity index (χ3v) is 4.61. The van der Waals surface area contributed by atoms with Crippen molar-refractivity contribution in [2.75, 3.05) is 19.6 Å². The summed E-state index contributed by atoms with van der Waals surface area (Å²) in [6.45, 7) is 9.49. The molecule has 2 nitrogen and oxygen atoms in total. The van der Waals surface area contributed by atoms with E-state index in [1.165, 1.54) is 43.5 Å². The molecule has 1 aliphatic carbocycles. The highest BCUT2D eigenvalue weighted by atomic mass is 15.1. The summed E-state index contributed by atoms with van der Waals surface area (Å²) in [7, 11) is 0. The molecule has 0 atom stereocenters. The zero-order valence-corrected chi connectivity index (χ0v) is 13.0. The summed E-state index contributed by atoms with van der Waals surface area (Å²) >= 11 is 0. The van der Waals surface area contributed by atoms with Gasteiger partial charge >= 0.3 is 0 Å². The number of hydrogen-bond acceptors (Lipinski definition) is 2. The molecule has 0 spiro atoms. The molecular weight excluding hydrogens is 244 g/mol. The molecule has 0 bridgehead atoms. The lowest BCUT2D eigenvalue weighted by atomic mass is 9.93. The molecule has 2 heteroatoms. The lowest BCUT2D eigenvalue weighted by Gasteiger charge is -2.19. The average molecular weight is 272 g/mol. The number of nitrogens with zero attached hydrogens (tertiary/aromatic N) is 1. The Kier molecular flexibility index (Phi) is 4.13. The van der Waals surface area contributed by atoms with Gasteiger partial charge in [0.1, 0.15) is 0 Å². The molecule has 1 heterocycles. The molecule has 2 fully saturated rings. The van der Waals surface area contributed by atoms with Gasteiger partial charge in [0.15, 0.2) is 0 Å². The second kappa shape index (κ2) is 5.87. The van der Waals surface area contributed by atoms with Gasteiger partial charge in [0.25, 0.3) is 0 Å². The van der Waals surface area contributed by atoms with Gasteiger partial charge in [-0.2, -0.15) is 0 Å². The number of nitrogens with one attached hydrogen (secondary N) is 1. The van der Waals surface area contributed by atoms with E-state index in [1.807, 2.05) is 0 Å². The van der Waals surface area contributed by atoms with E-state index in [-0.39, 0.29) is 0 Å². The number of hydrogen-bond donors (Lipinski definition) is 1. The minimum absolute atomic E-state index is 0.508. The van der Waals surface area contributed by atoms with Crippen LogP contribution in [0, 0.1) is 5.41 Å². The molecular formula is C18H28N2. The van der Waals surface area contributed by atoms with Gasteiger partial charge in [-0.05, 0) is 55.3 Å². The van der Waals surface area contributed by atoms with Gasteiger partial charge in [-0.25, -0.2) is 0 Å². The van der Waals surface area contributed by atoms with Gasteiger partial charge in [-0.15, -0.1) is 0 Å². The minimum atomic E-state index is 0.508. The van der Waals surface area contributed by atoms with E-state index < -0.39 is 0 Å². The molecule has 20 heavy (non-hydrogen) atoms. The summed E-state index contributed by atoms with van der Waals surface area (Å²) in [5.74, 6) is 0. The van der Waals surface area contributed by atoms with Crippen LogP contribution in [0.15, 0.2) is 24.3 Å². The predicted octanol–water partition coefficient (Wildman–Crippen LogP) is 3.21. The molecule has 1 aromatic rings. The lowest BCUT2D eigenvalue weighted by Crippen LogP contribution is -2.22. The second-order valence-electron chi connectivity index (χ2n) is 7.42. The molecule has 0 radical (unpaired) electrons. The van der Waals surface area contributed by atoms with Gasteiger partial charge < -0.3 is 5.32 Å². The fourth-order valence-electron chi connectivity index (χ4n) is 3.14. The van der Waals surface area contributed by atoms with Gasteiger partial charge in [0.2, 0.25) is 0 Å². The zero-order valence-electron chi connectivity index (χ0n) is 13.0. The normalized spacial score (nSPS) is 22.3. The summed E-state index contributed by atoms with van der Waals surface area (Å²) in [4.78, 5) is 2.59. The number of rotatable bonds is 6. The summed E-state index contributed by atoms with van der Waals surface area (Å²) in [6, 6.07) is 10.1. The first-order valence-electron chi connectivity index (χ1n) is 8.14. The molecule has 1 saturated heterocycles. The standard InChI is InChI=1S/C18H28N2/c1-18(2)10-12-20(14-18)13-16-5-3-15(4-6-16)9-11-19-17-7-8-17/h3-6,17,19H,7-14H2,1-2H3. The molecule has 1 aliphatic heterocycles. The largest absolute Gasteiger partial charge is 0.314 e. The number of benzene rings is 1. The Bertz CT molecular complexity index is 431. The Labute approximate surface area is 123 Å². The van der Waals surface area contributed by atoms with Crippen molar-refractivity contribution >= 4 is 0 Å². The summed E-state index contributed by atoms with van der Waals surface area (Å²) < 4.78 is 0. The van der Waals surface area contributed by atoms with Crippen molar-refractivity contribution in [3.05, 3.63) is 35.4 Å². The van der Waals surface area contributed by atoms with Crippen molar-refractivity contribution in [1.82, 2.24) is 10.2 Å². The first-order valence-corrected chi connectivity index (χ1v) is 8.14. The predicted molar refractivity (Wildman–Crippen MR) is 84.8 cm³/mol. The quantitative estimate of drug-likeness (QED) is 0.855. The zero-order chi connectivity index (χ0) is 14.0. The van der Waals surface area contributed by atoms with Crippen molar-refractivity contribution in [1.29, 1.82) is 0 Å². The monoisotopic (exact) mass is 272 g/mol. The fraction of sp³-hybridized carbons (Fsp3) is 0.667. The van der Waals surface area contributed by atoms with Crippen LogP contribution in [-0.4, -0.2) is 30.6 Å². The molecule has 3 rings (SSSR count). The van der Waals surface area contributed by atoms with E-state index in [2.05, 4.69) is 48.3 Å². The van der Waals surface area contributed by atoms with Crippen LogP contribution in [0.4, 0.5) is 0 Å². The Morgan fingerprint density at radius 1 is 1.15 bits per heavy atom. The summed E-state index contributed by atoms with van der Waals surface area (Å²) in [6.07, 6.45) is 5.25. The van der Waals surface area contributed by atoms with Gasteiger partial charge in [-0.3, -0.25) is 4.90 Å². The average Bonchev–Trinajstić information content (AvgIpc) is 3.16. The Morgan fingerprint density at radius 2 is 1.85 bits per heavy atom. The Morgan fingerprint density at radius 3 is 2.45 bits per heavy atom. The smallest absolute Gasteiger partial charge is 0.0233 e. The first kappa shape index (κ1) is 14.1. The Balaban J connectivity index is 1.45. The Hall–Kier alpha value is -0.860. The maximum atomic E-state index is 3.58. The van der Waals surface area contributed by atoms with Gasteiger partial charge in [0.05, 0.1) is 0 Å². The molecule has 1 N–H and O–H groups in total. The third-order valence-electron chi connectivity index (χ3n) is 4.61. The highest BCUT2D eigenvalue weighted by Crippen LogP contribution is 2.29. The highest BCUT2D eigenvalue weighted by Gasteiger charge is 2.28. The van der Waals surface area contributed by atoms with E-state index in [1.54, 1.807) is 0 Å². The van der Waals surface area contributed by atoms with Gasteiger partial charge in [0, 0.05) is 19.1 Å². The summed E-state index contributed by atoms with van der Waals surface area (Å²) in [5.41, 5.74) is 3.43. The maximum absolute atomic E-state index is 3.58. The number of likely N-dealkylation sites (tertiary alicyclic amines) is 1. The third kappa shape index (κ3) is 4.07. The molecule has 0 aromatic heterocycles. The molecule has 2 aliphatic rings. The second-order valence-corrected chi connectivity index (χ2v) is 7.42. The van der Waals surface area contributed by atoms with Crippen molar-refractivity contribution in [2.45, 2.75) is 52.1 Å². The lowest BCUT2D eigenvalue weighted by molar-refractivity contribution is 0.284. The first-order chi connectivity index (χ1) is 9.61. The van der Waals surface area contributed by atoms with E-state index in [4.69, 9.17) is 0 Å². The van der Waals surface area contributed by atoms with Crippen molar-refractivity contribution in [3.63, 3.8) is 0 Å². The fourth-order valence-corrected chi connectivity index (χ4v) is 3.14. The van der Waals surface area contributed by atoms with Crippen LogP contribution in [0.3, 0.4) is 0 Å². The SMILES string of the molecule is CC1(C)CCN(Cc2ccc(CCNC3CC3)cc2)C1. The van der Waals surface area contributed by atoms with Crippen molar-refractivity contribution in [2.24, 2.45) is 5.41 Å². The highest BCUT2D eigenvalue weighted by molar-refractivity contribution is 5.23. The van der Waals surface area contributed by atoms with Crippen LogP contribution < -0.4 is 5.32 Å². The molecule has 0 amide bonds. The van der Waals surface area contributed by atoms with Crippen molar-refractivity contribution in [3.8, 4) is 0 Å². The molecule has 1 saturated carbocycles. The van der Waals surface area contributed by atoms with Crippen LogP contribution in [0.2, 0.25) is 0 Å². The van der Waals surface area contributed by atoms with E-state index in [0.717, 1.165) is 25.6 Å². The van der Waals surface area contributed by atoms with Crippen LogP contribution in [-0.2, 0) is 13.0 Å². The summed E-state index contributed by atoms with van der Waals surface area (Å²) in [5, 5.41) is 3.58. The topological polar surface area (TPSA) is 15.3 Å². The molecule has 110 valence electrons. The van der Waals surface area contributed by atoms with E-state index >= 15 is 0 Å². The van der Waals surface area contributed by atoms with Crippen molar-refractivity contribution < 1.29 is 0 Å². The van der Waals surface area contributed by atoms with Crippen LogP contribution in [0.1, 0.15) is 44.2 Å². The van der Waals surface area contributed by atoms with E-state index in [9.17, 15) is 0 Å². The minimum Gasteiger partial charge on any atom is -0.314 e. The maximum Gasteiger partial charge on any atom is 0.0233 e. The molecule has 0 unspecified atom stereocenters. The molecule has 1 aromatic carbocycles. The van der Waals surface area contributed by atoms with Crippen LogP contribution >= 0.6 is 0 Å². The van der Waals surface area contributed by atoms with Crippen LogP contribution in [0.5, 0.6) is 0 Å².